The number of aromatic nitrogens is 2. The maximum absolute atomic E-state index is 13.1. The lowest BCUT2D eigenvalue weighted by Gasteiger charge is -2.04. The van der Waals surface area contributed by atoms with E-state index in [0.717, 1.165) is 22.2 Å². The maximum atomic E-state index is 13.1. The summed E-state index contributed by atoms with van der Waals surface area (Å²) in [4.78, 5) is 25.8. The van der Waals surface area contributed by atoms with Crippen LogP contribution >= 0.6 is 0 Å². The van der Waals surface area contributed by atoms with E-state index in [9.17, 15) is 9.59 Å². The van der Waals surface area contributed by atoms with E-state index in [1.807, 2.05) is 85.8 Å². The molecule has 0 atom stereocenters. The third-order valence-corrected chi connectivity index (χ3v) is 4.78. The van der Waals surface area contributed by atoms with Gasteiger partial charge in [-0.25, -0.2) is 4.79 Å². The first-order chi connectivity index (χ1) is 13.1. The molecule has 0 spiro atoms. The number of ketones is 1. The van der Waals surface area contributed by atoms with Crippen molar-refractivity contribution in [2.24, 2.45) is 0 Å². The Bertz CT molecular complexity index is 1150. The van der Waals surface area contributed by atoms with Crippen molar-refractivity contribution in [1.82, 2.24) is 9.13 Å². The van der Waals surface area contributed by atoms with Crippen molar-refractivity contribution in [1.29, 1.82) is 0 Å². The Morgan fingerprint density at radius 1 is 0.778 bits per heavy atom. The largest absolute Gasteiger partial charge is 0.329 e. The van der Waals surface area contributed by atoms with Gasteiger partial charge in [0, 0.05) is 5.56 Å². The minimum atomic E-state index is -0.166. The number of hydrogen-bond acceptors (Lipinski definition) is 2. The molecule has 134 valence electrons. The minimum absolute atomic E-state index is 0.0319. The highest BCUT2D eigenvalue weighted by Crippen LogP contribution is 2.15. The van der Waals surface area contributed by atoms with Crippen molar-refractivity contribution in [3.05, 3.63) is 106 Å². The Balaban J connectivity index is 1.75. The molecule has 1 heterocycles. The number of carbonyl (C=O) groups is 1. The molecule has 4 heteroatoms. The summed E-state index contributed by atoms with van der Waals surface area (Å²) in [6.45, 7) is 2.49. The van der Waals surface area contributed by atoms with Gasteiger partial charge >= 0.3 is 5.69 Å². The second kappa shape index (κ2) is 7.08. The quantitative estimate of drug-likeness (QED) is 0.507. The molecular formula is C23H20N2O2. The summed E-state index contributed by atoms with van der Waals surface area (Å²) < 4.78 is 3.30. The van der Waals surface area contributed by atoms with Crippen LogP contribution in [0.25, 0.3) is 11.0 Å². The van der Waals surface area contributed by atoms with Crippen LogP contribution in [0, 0.1) is 6.92 Å². The smallest absolute Gasteiger partial charge is 0.292 e. The van der Waals surface area contributed by atoms with E-state index in [1.54, 1.807) is 9.13 Å². The SMILES string of the molecule is Cc1ccc(C(=O)Cn2c(=O)n(Cc3ccccc3)c3ccccc32)cc1. The third-order valence-electron chi connectivity index (χ3n) is 4.78. The normalized spacial score (nSPS) is 11.0. The van der Waals surface area contributed by atoms with Crippen molar-refractivity contribution in [2.75, 3.05) is 0 Å². The second-order valence-electron chi connectivity index (χ2n) is 6.72. The van der Waals surface area contributed by atoms with Crippen LogP contribution in [-0.4, -0.2) is 14.9 Å². The number of Topliss-reactive ketones (excluding diaryl/α,β-unsaturated/α-hetero) is 1. The number of rotatable bonds is 5. The first kappa shape index (κ1) is 17.0. The van der Waals surface area contributed by atoms with Gasteiger partial charge in [-0.3, -0.25) is 13.9 Å². The number of aryl methyl sites for hydroxylation is 1. The Labute approximate surface area is 157 Å². The number of hydrogen-bond donors (Lipinski definition) is 0. The van der Waals surface area contributed by atoms with Gasteiger partial charge < -0.3 is 0 Å². The van der Waals surface area contributed by atoms with Crippen LogP contribution in [0.5, 0.6) is 0 Å². The van der Waals surface area contributed by atoms with Crippen molar-refractivity contribution in [3.8, 4) is 0 Å². The monoisotopic (exact) mass is 356 g/mol. The highest BCUT2D eigenvalue weighted by molar-refractivity contribution is 5.96. The molecule has 0 bridgehead atoms. The fraction of sp³-hybridized carbons (Fsp3) is 0.130. The lowest BCUT2D eigenvalue weighted by molar-refractivity contribution is 0.0972. The lowest BCUT2D eigenvalue weighted by Crippen LogP contribution is -2.27. The van der Waals surface area contributed by atoms with Gasteiger partial charge in [-0.05, 0) is 24.6 Å². The van der Waals surface area contributed by atoms with Gasteiger partial charge in [-0.15, -0.1) is 0 Å². The summed E-state index contributed by atoms with van der Waals surface area (Å²) in [5, 5.41) is 0. The Morgan fingerprint density at radius 2 is 1.37 bits per heavy atom. The van der Waals surface area contributed by atoms with Gasteiger partial charge in [0.1, 0.15) is 0 Å². The predicted molar refractivity (Wildman–Crippen MR) is 107 cm³/mol. The number of imidazole rings is 1. The average Bonchev–Trinajstić information content (AvgIpc) is 2.95. The molecule has 4 aromatic rings. The number of para-hydroxylation sites is 2. The fourth-order valence-corrected chi connectivity index (χ4v) is 3.32. The Hall–Kier alpha value is -3.40. The lowest BCUT2D eigenvalue weighted by atomic mass is 10.1. The van der Waals surface area contributed by atoms with Crippen LogP contribution in [0.1, 0.15) is 21.5 Å². The summed E-state index contributed by atoms with van der Waals surface area (Å²) in [5.41, 5.74) is 4.21. The van der Waals surface area contributed by atoms with Gasteiger partial charge in [0.2, 0.25) is 0 Å². The number of carbonyl (C=O) groups excluding carboxylic acids is 1. The minimum Gasteiger partial charge on any atom is -0.292 e. The highest BCUT2D eigenvalue weighted by atomic mass is 16.2. The maximum Gasteiger partial charge on any atom is 0.329 e. The van der Waals surface area contributed by atoms with Crippen LogP contribution in [0.2, 0.25) is 0 Å². The summed E-state index contributed by atoms with van der Waals surface area (Å²) in [6, 6.07) is 24.9. The molecule has 0 unspecified atom stereocenters. The molecule has 27 heavy (non-hydrogen) atoms. The number of benzene rings is 3. The molecule has 0 radical (unpaired) electrons. The summed E-state index contributed by atoms with van der Waals surface area (Å²) in [7, 11) is 0. The fourth-order valence-electron chi connectivity index (χ4n) is 3.32. The zero-order valence-electron chi connectivity index (χ0n) is 15.1. The van der Waals surface area contributed by atoms with E-state index in [-0.39, 0.29) is 18.0 Å². The highest BCUT2D eigenvalue weighted by Gasteiger charge is 2.16. The Morgan fingerprint density at radius 3 is 2.04 bits per heavy atom. The van der Waals surface area contributed by atoms with Crippen molar-refractivity contribution in [3.63, 3.8) is 0 Å². The molecule has 1 aromatic heterocycles. The summed E-state index contributed by atoms with van der Waals surface area (Å²) in [6.07, 6.45) is 0. The summed E-state index contributed by atoms with van der Waals surface area (Å²) in [5.74, 6) is -0.0697. The molecule has 0 N–H and O–H groups in total. The standard InChI is InChI=1S/C23H20N2O2/c1-17-11-13-19(14-12-17)22(26)16-25-21-10-6-5-9-20(21)24(23(25)27)15-18-7-3-2-4-8-18/h2-14H,15-16H2,1H3. The molecule has 0 aliphatic rings. The number of fused-ring (bicyclic) bond motifs is 1. The molecule has 0 aliphatic carbocycles. The molecule has 4 rings (SSSR count). The van der Waals surface area contributed by atoms with E-state index in [1.165, 1.54) is 0 Å². The van der Waals surface area contributed by atoms with Gasteiger partial charge in [0.05, 0.1) is 24.1 Å². The van der Waals surface area contributed by atoms with Crippen molar-refractivity contribution >= 4 is 16.8 Å². The summed E-state index contributed by atoms with van der Waals surface area (Å²) >= 11 is 0. The molecule has 3 aromatic carbocycles. The average molecular weight is 356 g/mol. The van der Waals surface area contributed by atoms with Gasteiger partial charge in [0.15, 0.2) is 5.78 Å². The molecule has 0 aliphatic heterocycles. The molecular weight excluding hydrogens is 336 g/mol. The first-order valence-electron chi connectivity index (χ1n) is 8.95. The molecule has 0 saturated heterocycles. The topological polar surface area (TPSA) is 44.0 Å². The molecule has 0 fully saturated rings. The van der Waals surface area contributed by atoms with Crippen molar-refractivity contribution < 1.29 is 4.79 Å². The zero-order valence-corrected chi connectivity index (χ0v) is 15.1. The van der Waals surface area contributed by atoms with Gasteiger partial charge in [-0.2, -0.15) is 0 Å². The van der Waals surface area contributed by atoms with Crippen LogP contribution in [0.3, 0.4) is 0 Å². The molecule has 4 nitrogen and oxygen atoms in total. The second-order valence-corrected chi connectivity index (χ2v) is 6.72. The van der Waals surface area contributed by atoms with E-state index in [4.69, 9.17) is 0 Å². The number of nitrogens with zero attached hydrogens (tertiary/aromatic N) is 2. The zero-order chi connectivity index (χ0) is 18.8. The van der Waals surface area contributed by atoms with E-state index in [0.29, 0.717) is 12.1 Å². The van der Waals surface area contributed by atoms with E-state index in [2.05, 4.69) is 0 Å². The van der Waals surface area contributed by atoms with Gasteiger partial charge in [-0.1, -0.05) is 72.3 Å². The molecule has 0 saturated carbocycles. The van der Waals surface area contributed by atoms with Gasteiger partial charge in [0.25, 0.3) is 0 Å². The van der Waals surface area contributed by atoms with E-state index >= 15 is 0 Å². The van der Waals surface area contributed by atoms with E-state index < -0.39 is 0 Å². The molecule has 0 amide bonds. The van der Waals surface area contributed by atoms with Crippen LogP contribution in [0.15, 0.2) is 83.7 Å². The van der Waals surface area contributed by atoms with Crippen molar-refractivity contribution in [2.45, 2.75) is 20.0 Å². The van der Waals surface area contributed by atoms with Crippen LogP contribution in [0.4, 0.5) is 0 Å². The third kappa shape index (κ3) is 3.34. The Kier molecular flexibility index (Phi) is 4.47. The predicted octanol–water partition coefficient (Wildman–Crippen LogP) is 4.04. The van der Waals surface area contributed by atoms with Crippen LogP contribution in [-0.2, 0) is 13.1 Å². The first-order valence-corrected chi connectivity index (χ1v) is 8.95. The van der Waals surface area contributed by atoms with Crippen LogP contribution < -0.4 is 5.69 Å².